The van der Waals surface area contributed by atoms with Gasteiger partial charge in [0, 0.05) is 16.7 Å². The molecule has 0 fully saturated rings. The summed E-state index contributed by atoms with van der Waals surface area (Å²) in [4.78, 5) is 0. The highest BCUT2D eigenvalue weighted by Crippen LogP contribution is 2.53. The lowest BCUT2D eigenvalue weighted by Crippen LogP contribution is -2.40. The van der Waals surface area contributed by atoms with E-state index in [0.29, 0.717) is 0 Å². The van der Waals surface area contributed by atoms with Crippen molar-refractivity contribution in [3.05, 3.63) is 34.4 Å². The second-order valence-corrected chi connectivity index (χ2v) is 6.07. The maximum absolute atomic E-state index is 13.8. The molecule has 0 unspecified atom stereocenters. The molecule has 31 heavy (non-hydrogen) atoms. The van der Waals surface area contributed by atoms with Gasteiger partial charge in [-0.3, -0.25) is 0 Å². The zero-order valence-corrected chi connectivity index (χ0v) is 14.4. The van der Waals surface area contributed by atoms with Crippen molar-refractivity contribution in [3.8, 4) is 0 Å². The molecule has 1 aromatic carbocycles. The van der Waals surface area contributed by atoms with E-state index in [9.17, 15) is 71.0 Å². The molecular formula is C15H8F15O. The minimum Gasteiger partial charge on any atom is -0.237 e. The van der Waals surface area contributed by atoms with Crippen LogP contribution in [0.1, 0.15) is 28.7 Å². The largest absolute Gasteiger partial charge is 0.458 e. The molecule has 0 bridgehead atoms. The Bertz CT molecular complexity index is 738. The first kappa shape index (κ1) is 27.2. The van der Waals surface area contributed by atoms with Crippen LogP contribution < -0.4 is 0 Å². The Kier molecular flexibility index (Phi) is 6.94. The lowest BCUT2D eigenvalue weighted by molar-refractivity contribution is -0.295. The average molecular weight is 489 g/mol. The molecule has 0 aliphatic rings. The summed E-state index contributed by atoms with van der Waals surface area (Å²) in [6, 6.07) is -2.28. The van der Waals surface area contributed by atoms with E-state index in [-0.39, 0.29) is 0 Å². The average Bonchev–Trinajstić information content (AvgIpc) is 2.55. The van der Waals surface area contributed by atoms with E-state index in [0.717, 1.165) is 0 Å². The number of hydrogen-bond acceptors (Lipinski definition) is 0. The molecule has 0 saturated heterocycles. The molecule has 1 aromatic rings. The quantitative estimate of drug-likeness (QED) is 0.383. The second kappa shape index (κ2) is 7.92. The maximum atomic E-state index is 13.8. The number of hydrogen-bond donors (Lipinski definition) is 0. The molecule has 0 aliphatic carbocycles. The molecular weight excluding hydrogens is 481 g/mol. The van der Waals surface area contributed by atoms with Crippen molar-refractivity contribution in [2.75, 3.05) is 6.61 Å². The lowest BCUT2D eigenvalue weighted by Gasteiger charge is -2.30. The second-order valence-electron chi connectivity index (χ2n) is 6.07. The Balaban J connectivity index is 4.20. The van der Waals surface area contributed by atoms with E-state index in [1.807, 2.05) is 0 Å². The number of benzene rings is 1. The molecule has 16 heteroatoms. The Morgan fingerprint density at radius 2 is 0.871 bits per heavy atom. The third-order valence-electron chi connectivity index (χ3n) is 3.93. The van der Waals surface area contributed by atoms with Gasteiger partial charge in [0.2, 0.25) is 0 Å². The van der Waals surface area contributed by atoms with Gasteiger partial charge in [-0.15, -0.1) is 0 Å². The van der Waals surface area contributed by atoms with Crippen LogP contribution in [0.15, 0.2) is 12.1 Å². The molecule has 0 atom stereocenters. The van der Waals surface area contributed by atoms with Gasteiger partial charge < -0.3 is 0 Å². The van der Waals surface area contributed by atoms with Crippen LogP contribution in [0.5, 0.6) is 0 Å². The molecule has 1 radical (unpaired) electrons. The van der Waals surface area contributed by atoms with Crippen molar-refractivity contribution in [2.45, 2.75) is 49.1 Å². The van der Waals surface area contributed by atoms with Crippen LogP contribution in [0.4, 0.5) is 65.9 Å². The van der Waals surface area contributed by atoms with Crippen LogP contribution in [-0.4, -0.2) is 25.1 Å². The fraction of sp³-hybridized carbons (Fsp3) is 0.600. The minimum absolute atomic E-state index is 1.11. The van der Waals surface area contributed by atoms with E-state index in [1.54, 1.807) is 0 Å². The van der Waals surface area contributed by atoms with Gasteiger partial charge in [0.1, 0.15) is 0 Å². The van der Waals surface area contributed by atoms with E-state index in [4.69, 9.17) is 0 Å². The third-order valence-corrected chi connectivity index (χ3v) is 3.93. The summed E-state index contributed by atoms with van der Waals surface area (Å²) in [7, 11) is 0. The van der Waals surface area contributed by atoms with E-state index in [2.05, 4.69) is 0 Å². The lowest BCUT2D eigenvalue weighted by atomic mass is 9.86. The van der Waals surface area contributed by atoms with Gasteiger partial charge in [0.15, 0.2) is 0 Å². The highest BCUT2D eigenvalue weighted by Gasteiger charge is 2.65. The maximum Gasteiger partial charge on any atom is 0.458 e. The van der Waals surface area contributed by atoms with Gasteiger partial charge in [-0.2, -0.15) is 65.9 Å². The fourth-order valence-corrected chi connectivity index (χ4v) is 2.40. The highest BCUT2D eigenvalue weighted by molar-refractivity contribution is 5.47. The van der Waals surface area contributed by atoms with Crippen molar-refractivity contribution < 1.29 is 71.0 Å². The predicted octanol–water partition coefficient (Wildman–Crippen LogP) is 7.01. The van der Waals surface area contributed by atoms with Crippen LogP contribution in [0.25, 0.3) is 0 Å². The summed E-state index contributed by atoms with van der Waals surface area (Å²) in [5, 5.41) is 10.5. The summed E-state index contributed by atoms with van der Waals surface area (Å²) in [5.41, 5.74) is -11.2. The smallest absolute Gasteiger partial charge is 0.237 e. The van der Waals surface area contributed by atoms with Crippen LogP contribution in [0.3, 0.4) is 0 Å². The Labute approximate surface area is 162 Å². The van der Waals surface area contributed by atoms with Gasteiger partial charge in [-0.05, 0) is 30.5 Å². The molecule has 1 rings (SSSR count). The summed E-state index contributed by atoms with van der Waals surface area (Å²) in [5.74, 6) is -19.2. The van der Waals surface area contributed by atoms with Gasteiger partial charge in [-0.1, -0.05) is 0 Å². The van der Waals surface area contributed by atoms with Crippen molar-refractivity contribution >= 4 is 0 Å². The molecule has 0 heterocycles. The monoisotopic (exact) mass is 489 g/mol. The number of rotatable bonds is 6. The zero-order chi connectivity index (χ0) is 24.8. The summed E-state index contributed by atoms with van der Waals surface area (Å²) < 4.78 is 196. The van der Waals surface area contributed by atoms with Crippen molar-refractivity contribution in [1.82, 2.24) is 0 Å². The summed E-state index contributed by atoms with van der Waals surface area (Å²) >= 11 is 0. The summed E-state index contributed by atoms with van der Waals surface area (Å²) in [6.07, 6.45) is -23.0. The molecule has 0 aromatic heterocycles. The molecule has 0 N–H and O–H groups in total. The van der Waals surface area contributed by atoms with Crippen LogP contribution >= 0.6 is 0 Å². The molecule has 0 amide bonds. The Hall–Kier alpha value is -1.87. The van der Waals surface area contributed by atoms with Gasteiger partial charge in [0.05, 0.1) is 6.61 Å². The van der Waals surface area contributed by atoms with Crippen LogP contribution in [-0.2, 0) is 29.3 Å². The highest BCUT2D eigenvalue weighted by atomic mass is 19.4. The van der Waals surface area contributed by atoms with E-state index >= 15 is 0 Å². The first-order valence-corrected chi connectivity index (χ1v) is 7.63. The first-order chi connectivity index (χ1) is 13.5. The SMILES string of the molecule is [O]CCCc1c(C(F)(F)C(F)(F)F)cc(C(F)(F)C(F)(F)F)cc1C(F)(F)C(F)(F)F. The Morgan fingerprint density at radius 1 is 0.548 bits per heavy atom. The topological polar surface area (TPSA) is 19.9 Å². The van der Waals surface area contributed by atoms with Gasteiger partial charge >= 0.3 is 36.3 Å². The standard InChI is InChI=1S/C15H8F15O/c16-10(17,13(22,23)24)6-4-8(11(18,19)14(25,26)27)7(2-1-3-31)9(5-6)12(20,21)15(28,29)30/h4-5H,1-3H2. The molecule has 0 saturated carbocycles. The van der Waals surface area contributed by atoms with E-state index in [1.165, 1.54) is 0 Å². The minimum atomic E-state index is -6.78. The normalized spacial score (nSPS) is 14.8. The van der Waals surface area contributed by atoms with E-state index < -0.39 is 90.1 Å². The van der Waals surface area contributed by atoms with Crippen LogP contribution in [0.2, 0.25) is 0 Å². The fourth-order valence-electron chi connectivity index (χ4n) is 2.40. The van der Waals surface area contributed by atoms with Gasteiger partial charge in [0.25, 0.3) is 0 Å². The Morgan fingerprint density at radius 3 is 1.13 bits per heavy atom. The number of halogens is 15. The zero-order valence-electron chi connectivity index (χ0n) is 14.4. The number of alkyl halides is 15. The molecule has 1 nitrogen and oxygen atoms in total. The van der Waals surface area contributed by atoms with Crippen molar-refractivity contribution in [1.29, 1.82) is 0 Å². The predicted molar refractivity (Wildman–Crippen MR) is 70.2 cm³/mol. The van der Waals surface area contributed by atoms with Crippen LogP contribution in [0, 0.1) is 0 Å². The first-order valence-electron chi connectivity index (χ1n) is 7.63. The van der Waals surface area contributed by atoms with Crippen molar-refractivity contribution in [3.63, 3.8) is 0 Å². The van der Waals surface area contributed by atoms with Gasteiger partial charge in [-0.25, -0.2) is 5.11 Å². The molecule has 179 valence electrons. The van der Waals surface area contributed by atoms with Crippen molar-refractivity contribution in [2.24, 2.45) is 0 Å². The molecule has 0 spiro atoms. The third kappa shape index (κ3) is 4.82. The molecule has 0 aliphatic heterocycles. The summed E-state index contributed by atoms with van der Waals surface area (Å²) in [6.45, 7) is -1.39.